The number of rotatable bonds is 10. The summed E-state index contributed by atoms with van der Waals surface area (Å²) in [6.07, 6.45) is -10.7. The summed E-state index contributed by atoms with van der Waals surface area (Å²) in [5, 5.41) is 4.82. The Labute approximate surface area is 178 Å². The molecule has 13 heteroatoms. The molecular weight excluding hydrogens is 456 g/mol. The Morgan fingerprint density at radius 1 is 0.871 bits per heavy atom. The van der Waals surface area contributed by atoms with Gasteiger partial charge < -0.3 is 16.0 Å². The van der Waals surface area contributed by atoms with Crippen LogP contribution in [0.5, 0.6) is 0 Å². The molecule has 0 aromatic heterocycles. The largest absolute Gasteiger partial charge is 0.471 e. The molecule has 3 N–H and O–H groups in total. The zero-order valence-corrected chi connectivity index (χ0v) is 16.7. The van der Waals surface area contributed by atoms with Crippen molar-refractivity contribution in [3.05, 3.63) is 35.9 Å². The fraction of sp³-hybridized carbons (Fsp3) is 0.500. The lowest BCUT2D eigenvalue weighted by atomic mass is 10.1. The highest BCUT2D eigenvalue weighted by Gasteiger charge is 2.41. The van der Waals surface area contributed by atoms with Crippen molar-refractivity contribution in [1.29, 1.82) is 0 Å². The van der Waals surface area contributed by atoms with Gasteiger partial charge in [0, 0.05) is 13.1 Å². The van der Waals surface area contributed by atoms with Crippen LogP contribution in [0.2, 0.25) is 0 Å². The number of halogens is 7. The fourth-order valence-corrected chi connectivity index (χ4v) is 2.60. The van der Waals surface area contributed by atoms with Crippen LogP contribution in [-0.4, -0.2) is 49.2 Å². The summed E-state index contributed by atoms with van der Waals surface area (Å²) in [6.45, 7) is -0.540. The second-order valence-corrected chi connectivity index (χ2v) is 6.92. The third kappa shape index (κ3) is 9.90. The molecule has 0 aliphatic carbocycles. The molecule has 0 radical (unpaired) electrons. The number of carbonyl (C=O) groups excluding carboxylic acids is 3. The molecule has 31 heavy (non-hydrogen) atoms. The number of hydrogen-bond acceptors (Lipinski definition) is 3. The monoisotopic (exact) mass is 475 g/mol. The Morgan fingerprint density at radius 3 is 2.00 bits per heavy atom. The van der Waals surface area contributed by atoms with Crippen LogP contribution in [0.3, 0.4) is 0 Å². The van der Waals surface area contributed by atoms with E-state index in [0.29, 0.717) is 5.56 Å². The molecule has 0 aliphatic rings. The average molecular weight is 476 g/mol. The number of carbonyl (C=O) groups is 3. The van der Waals surface area contributed by atoms with Gasteiger partial charge in [0.25, 0.3) is 0 Å². The lowest BCUT2D eigenvalue weighted by Crippen LogP contribution is -2.51. The van der Waals surface area contributed by atoms with Crippen molar-refractivity contribution >= 4 is 29.3 Å². The molecule has 0 saturated carbocycles. The number of unbranched alkanes of at least 4 members (excludes halogenated alkanes) is 1. The van der Waals surface area contributed by atoms with E-state index in [4.69, 9.17) is 11.6 Å². The van der Waals surface area contributed by atoms with Gasteiger partial charge in [-0.05, 0) is 24.8 Å². The first-order valence-electron chi connectivity index (χ1n) is 9.01. The van der Waals surface area contributed by atoms with E-state index in [2.05, 4.69) is 5.32 Å². The van der Waals surface area contributed by atoms with Gasteiger partial charge in [-0.2, -0.15) is 26.3 Å². The first-order chi connectivity index (χ1) is 14.3. The number of alkyl halides is 7. The van der Waals surface area contributed by atoms with Crippen LogP contribution >= 0.6 is 11.6 Å². The highest BCUT2D eigenvalue weighted by molar-refractivity contribution is 6.21. The average Bonchev–Trinajstić information content (AvgIpc) is 2.69. The Bertz CT molecular complexity index is 743. The van der Waals surface area contributed by atoms with Crippen LogP contribution in [0.15, 0.2) is 30.3 Å². The molecule has 3 amide bonds. The highest BCUT2D eigenvalue weighted by atomic mass is 35.5. The zero-order valence-electron chi connectivity index (χ0n) is 15.9. The maximum atomic E-state index is 12.5. The van der Waals surface area contributed by atoms with Crippen LogP contribution in [0.25, 0.3) is 0 Å². The third-order valence-corrected chi connectivity index (χ3v) is 4.36. The molecule has 0 bridgehead atoms. The molecule has 2 atom stereocenters. The van der Waals surface area contributed by atoms with E-state index in [-0.39, 0.29) is 25.8 Å². The minimum absolute atomic E-state index is 0.0443. The molecule has 1 rings (SSSR count). The van der Waals surface area contributed by atoms with E-state index in [1.165, 1.54) is 0 Å². The number of hydrogen-bond donors (Lipinski definition) is 3. The van der Waals surface area contributed by atoms with Gasteiger partial charge in [-0.3, -0.25) is 14.4 Å². The fourth-order valence-electron chi connectivity index (χ4n) is 2.38. The molecule has 0 saturated heterocycles. The zero-order chi connectivity index (χ0) is 23.7. The Hall–Kier alpha value is -2.50. The SMILES string of the molecule is O=C(NCC(Cl)c1ccccc1)[C@H](CCCCNC(=O)C(F)(F)F)NC(=O)C(F)(F)F. The summed E-state index contributed by atoms with van der Waals surface area (Å²) >= 11 is 6.13. The maximum absolute atomic E-state index is 12.5. The standard InChI is InChI=1S/C18H20ClF6N3O3/c19-12(11-6-2-1-3-7-11)10-27-14(29)13(28-16(31)18(23,24)25)8-4-5-9-26-15(30)17(20,21)22/h1-3,6-7,12-13H,4-5,8-10H2,(H,26,30)(H,27,29)(H,28,31)/t12?,13-/m0/s1. The molecule has 6 nitrogen and oxygen atoms in total. The van der Waals surface area contributed by atoms with E-state index in [0.717, 1.165) is 0 Å². The topological polar surface area (TPSA) is 87.3 Å². The van der Waals surface area contributed by atoms with Gasteiger partial charge >= 0.3 is 24.2 Å². The second kappa shape index (κ2) is 11.8. The Kier molecular flexibility index (Phi) is 10.1. The molecule has 0 spiro atoms. The predicted molar refractivity (Wildman–Crippen MR) is 98.9 cm³/mol. The van der Waals surface area contributed by atoms with E-state index in [1.54, 1.807) is 41.0 Å². The summed E-state index contributed by atoms with van der Waals surface area (Å²) in [4.78, 5) is 34.2. The number of nitrogens with one attached hydrogen (secondary N) is 3. The van der Waals surface area contributed by atoms with Crippen molar-refractivity contribution < 1.29 is 40.7 Å². The summed E-state index contributed by atoms with van der Waals surface area (Å²) < 4.78 is 73.9. The highest BCUT2D eigenvalue weighted by Crippen LogP contribution is 2.19. The van der Waals surface area contributed by atoms with Gasteiger partial charge in [0.05, 0.1) is 5.38 Å². The maximum Gasteiger partial charge on any atom is 0.471 e. The van der Waals surface area contributed by atoms with Gasteiger partial charge in [0.1, 0.15) is 6.04 Å². The second-order valence-electron chi connectivity index (χ2n) is 6.40. The van der Waals surface area contributed by atoms with Crippen LogP contribution < -0.4 is 16.0 Å². The Morgan fingerprint density at radius 2 is 1.45 bits per heavy atom. The van der Waals surface area contributed by atoms with Crippen LogP contribution in [0, 0.1) is 0 Å². The van der Waals surface area contributed by atoms with Crippen LogP contribution in [0.1, 0.15) is 30.2 Å². The molecule has 174 valence electrons. The molecule has 0 heterocycles. The van der Waals surface area contributed by atoms with Crippen molar-refractivity contribution in [1.82, 2.24) is 16.0 Å². The first kappa shape index (κ1) is 26.5. The first-order valence-corrected chi connectivity index (χ1v) is 9.45. The number of benzene rings is 1. The summed E-state index contributed by atoms with van der Waals surface area (Å²) in [6, 6.07) is 6.93. The molecule has 0 fully saturated rings. The van der Waals surface area contributed by atoms with Crippen molar-refractivity contribution in [3.63, 3.8) is 0 Å². The molecule has 0 aliphatic heterocycles. The predicted octanol–water partition coefficient (Wildman–Crippen LogP) is 2.98. The van der Waals surface area contributed by atoms with Crippen LogP contribution in [0.4, 0.5) is 26.3 Å². The summed E-state index contributed by atoms with van der Waals surface area (Å²) in [5.74, 6) is -5.41. The van der Waals surface area contributed by atoms with Crippen LogP contribution in [-0.2, 0) is 14.4 Å². The van der Waals surface area contributed by atoms with E-state index < -0.39 is 48.0 Å². The Balaban J connectivity index is 2.61. The van der Waals surface area contributed by atoms with E-state index >= 15 is 0 Å². The van der Waals surface area contributed by atoms with E-state index in [9.17, 15) is 40.7 Å². The van der Waals surface area contributed by atoms with Crippen molar-refractivity contribution in [2.24, 2.45) is 0 Å². The lowest BCUT2D eigenvalue weighted by Gasteiger charge is -2.20. The quantitative estimate of drug-likeness (QED) is 0.276. The minimum Gasteiger partial charge on any atom is -0.352 e. The van der Waals surface area contributed by atoms with Crippen molar-refractivity contribution in [2.75, 3.05) is 13.1 Å². The van der Waals surface area contributed by atoms with Crippen molar-refractivity contribution in [3.8, 4) is 0 Å². The lowest BCUT2D eigenvalue weighted by molar-refractivity contribution is -0.174. The van der Waals surface area contributed by atoms with Gasteiger partial charge in [-0.1, -0.05) is 30.3 Å². The minimum atomic E-state index is -5.22. The van der Waals surface area contributed by atoms with Gasteiger partial charge in [-0.25, -0.2) is 0 Å². The van der Waals surface area contributed by atoms with E-state index in [1.807, 2.05) is 0 Å². The molecule has 1 aromatic rings. The third-order valence-electron chi connectivity index (χ3n) is 3.96. The number of amides is 3. The summed E-state index contributed by atoms with van der Waals surface area (Å²) in [7, 11) is 0. The normalized spacial score (nSPS) is 13.8. The smallest absolute Gasteiger partial charge is 0.352 e. The summed E-state index contributed by atoms with van der Waals surface area (Å²) in [5.41, 5.74) is 0.653. The van der Waals surface area contributed by atoms with Crippen molar-refractivity contribution in [2.45, 2.75) is 43.0 Å². The molecule has 1 unspecified atom stereocenters. The molecular formula is C18H20ClF6N3O3. The molecule has 1 aromatic carbocycles. The van der Waals surface area contributed by atoms with Gasteiger partial charge in [0.15, 0.2) is 0 Å². The van der Waals surface area contributed by atoms with Gasteiger partial charge in [-0.15, -0.1) is 11.6 Å². The van der Waals surface area contributed by atoms with Gasteiger partial charge in [0.2, 0.25) is 5.91 Å².